The van der Waals surface area contributed by atoms with Gasteiger partial charge in [-0.2, -0.15) is 0 Å². The van der Waals surface area contributed by atoms with Gasteiger partial charge in [0.2, 0.25) is 0 Å². The molecule has 50 heavy (non-hydrogen) atoms. The van der Waals surface area contributed by atoms with Crippen LogP contribution in [0.4, 0.5) is 0 Å². The van der Waals surface area contributed by atoms with Crippen molar-refractivity contribution in [1.82, 2.24) is 9.55 Å². The van der Waals surface area contributed by atoms with Crippen molar-refractivity contribution < 1.29 is 0 Å². The van der Waals surface area contributed by atoms with Crippen molar-refractivity contribution >= 4 is 32.6 Å². The van der Waals surface area contributed by atoms with E-state index in [4.69, 9.17) is 4.98 Å². The average Bonchev–Trinajstić information content (AvgIpc) is 3.55. The fourth-order valence-electron chi connectivity index (χ4n) is 7.69. The highest BCUT2D eigenvalue weighted by Crippen LogP contribution is 2.46. The first-order chi connectivity index (χ1) is 24.8. The zero-order valence-corrected chi connectivity index (χ0v) is 28.1. The number of fused-ring (bicyclic) bond motifs is 3. The van der Waals surface area contributed by atoms with Gasteiger partial charge in [-0.05, 0) is 96.7 Å². The van der Waals surface area contributed by atoms with Crippen LogP contribution in [0.25, 0.3) is 82.8 Å². The van der Waals surface area contributed by atoms with E-state index in [1.54, 1.807) is 0 Å². The number of hydrogen-bond acceptors (Lipinski definition) is 1. The number of aromatic nitrogens is 2. The van der Waals surface area contributed by atoms with Gasteiger partial charge in [-0.15, -0.1) is 0 Å². The van der Waals surface area contributed by atoms with E-state index in [1.807, 2.05) is 0 Å². The largest absolute Gasteiger partial charge is 0.296 e. The van der Waals surface area contributed by atoms with Crippen molar-refractivity contribution in [3.05, 3.63) is 182 Å². The minimum atomic E-state index is 0.936. The lowest BCUT2D eigenvalue weighted by molar-refractivity contribution is 0.818. The fourth-order valence-corrected chi connectivity index (χ4v) is 7.69. The van der Waals surface area contributed by atoms with Crippen LogP contribution in [0.1, 0.15) is 19.2 Å². The third kappa shape index (κ3) is 5.09. The van der Waals surface area contributed by atoms with Gasteiger partial charge in [0.05, 0.1) is 11.0 Å². The molecule has 0 saturated carbocycles. The molecule has 0 fully saturated rings. The Morgan fingerprint density at radius 1 is 0.420 bits per heavy atom. The standard InChI is InChI=1S/C48H36N2/c1-2-14-46-49-44-23-12-13-24-45(44)50(46)37-31-29-36(30-32-37)47-40-19-8-10-21-42(40)48(43-22-11-9-20-41(43)47)39-18-7-6-17-38(39)35-27-25-34(26-28-35)33-15-4-3-5-16-33/h3-13,15-32H,2,14H2,1H3. The topological polar surface area (TPSA) is 17.8 Å². The van der Waals surface area contributed by atoms with E-state index in [0.29, 0.717) is 0 Å². The monoisotopic (exact) mass is 640 g/mol. The molecule has 0 N–H and O–H groups in total. The summed E-state index contributed by atoms with van der Waals surface area (Å²) in [6.07, 6.45) is 1.99. The first-order valence-electron chi connectivity index (χ1n) is 17.5. The van der Waals surface area contributed by atoms with E-state index in [9.17, 15) is 0 Å². The van der Waals surface area contributed by atoms with Crippen molar-refractivity contribution in [2.45, 2.75) is 19.8 Å². The van der Waals surface area contributed by atoms with Gasteiger partial charge in [0.1, 0.15) is 5.82 Å². The summed E-state index contributed by atoms with van der Waals surface area (Å²) in [4.78, 5) is 4.99. The average molecular weight is 641 g/mol. The molecule has 238 valence electrons. The lowest BCUT2D eigenvalue weighted by atomic mass is 9.83. The van der Waals surface area contributed by atoms with Crippen molar-refractivity contribution in [2.75, 3.05) is 0 Å². The van der Waals surface area contributed by atoms with Crippen molar-refractivity contribution in [3.63, 3.8) is 0 Å². The van der Waals surface area contributed by atoms with E-state index in [0.717, 1.165) is 35.4 Å². The summed E-state index contributed by atoms with van der Waals surface area (Å²) in [5, 5.41) is 5.01. The fraction of sp³-hybridized carbons (Fsp3) is 0.0625. The molecule has 2 heteroatoms. The van der Waals surface area contributed by atoms with Crippen LogP contribution in [0.5, 0.6) is 0 Å². The molecule has 0 saturated heterocycles. The van der Waals surface area contributed by atoms with Crippen LogP contribution in [-0.2, 0) is 6.42 Å². The summed E-state index contributed by atoms with van der Waals surface area (Å²) in [6.45, 7) is 2.21. The number of nitrogens with zero attached hydrogens (tertiary/aromatic N) is 2. The van der Waals surface area contributed by atoms with Gasteiger partial charge in [-0.3, -0.25) is 4.57 Å². The van der Waals surface area contributed by atoms with E-state index in [-0.39, 0.29) is 0 Å². The third-order valence-corrected chi connectivity index (χ3v) is 9.95. The molecule has 2 nitrogen and oxygen atoms in total. The quantitative estimate of drug-likeness (QED) is 0.159. The maximum Gasteiger partial charge on any atom is 0.114 e. The van der Waals surface area contributed by atoms with Gasteiger partial charge in [0, 0.05) is 12.1 Å². The van der Waals surface area contributed by atoms with Crippen molar-refractivity contribution in [3.8, 4) is 50.2 Å². The Morgan fingerprint density at radius 2 is 0.920 bits per heavy atom. The van der Waals surface area contributed by atoms with Gasteiger partial charge in [-0.1, -0.05) is 159 Å². The Kier molecular flexibility index (Phi) is 7.55. The predicted molar refractivity (Wildman–Crippen MR) is 212 cm³/mol. The Hall–Kier alpha value is -6.25. The normalized spacial score (nSPS) is 11.5. The van der Waals surface area contributed by atoms with Crippen molar-refractivity contribution in [1.29, 1.82) is 0 Å². The Labute approximate surface area is 292 Å². The molecule has 9 aromatic rings. The molecule has 0 aliphatic heterocycles. The molecule has 1 heterocycles. The van der Waals surface area contributed by atoms with E-state index in [1.165, 1.54) is 66.1 Å². The molecule has 1 aromatic heterocycles. The van der Waals surface area contributed by atoms with Crippen LogP contribution in [0, 0.1) is 0 Å². The summed E-state index contributed by atoms with van der Waals surface area (Å²) in [5.41, 5.74) is 13.2. The van der Waals surface area contributed by atoms with Gasteiger partial charge >= 0.3 is 0 Å². The molecule has 0 spiro atoms. The lowest BCUT2D eigenvalue weighted by Crippen LogP contribution is -2.01. The number of para-hydroxylation sites is 2. The van der Waals surface area contributed by atoms with Crippen LogP contribution >= 0.6 is 0 Å². The van der Waals surface area contributed by atoms with E-state index in [2.05, 4.69) is 187 Å². The molecule has 0 aliphatic carbocycles. The third-order valence-electron chi connectivity index (χ3n) is 9.95. The summed E-state index contributed by atoms with van der Waals surface area (Å²) in [7, 11) is 0. The lowest BCUT2D eigenvalue weighted by Gasteiger charge is -2.20. The van der Waals surface area contributed by atoms with Gasteiger partial charge in [-0.25, -0.2) is 4.98 Å². The Morgan fingerprint density at radius 3 is 1.58 bits per heavy atom. The van der Waals surface area contributed by atoms with Crippen LogP contribution in [0.2, 0.25) is 0 Å². The highest BCUT2D eigenvalue weighted by molar-refractivity contribution is 6.22. The maximum absolute atomic E-state index is 4.99. The maximum atomic E-state index is 4.99. The number of rotatable bonds is 7. The highest BCUT2D eigenvalue weighted by atomic mass is 15.1. The van der Waals surface area contributed by atoms with Crippen LogP contribution in [0.3, 0.4) is 0 Å². The summed E-state index contributed by atoms with van der Waals surface area (Å²) < 4.78 is 2.32. The summed E-state index contributed by atoms with van der Waals surface area (Å²) in [6, 6.07) is 63.8. The molecule has 0 unspecified atom stereocenters. The van der Waals surface area contributed by atoms with Crippen LogP contribution in [0.15, 0.2) is 176 Å². The number of hydrogen-bond donors (Lipinski definition) is 0. The van der Waals surface area contributed by atoms with E-state index < -0.39 is 0 Å². The molecule has 0 atom stereocenters. The molecular weight excluding hydrogens is 605 g/mol. The second kappa shape index (κ2) is 12.7. The molecule has 0 amide bonds. The number of imidazole rings is 1. The molecule has 0 radical (unpaired) electrons. The minimum absolute atomic E-state index is 0.936. The molecule has 8 aromatic carbocycles. The molecular formula is C48H36N2. The highest BCUT2D eigenvalue weighted by Gasteiger charge is 2.19. The molecule has 0 bridgehead atoms. The number of benzene rings is 8. The minimum Gasteiger partial charge on any atom is -0.296 e. The first kappa shape index (κ1) is 29.9. The Balaban J connectivity index is 1.21. The number of aryl methyl sites for hydroxylation is 1. The van der Waals surface area contributed by atoms with Crippen LogP contribution < -0.4 is 0 Å². The molecule has 9 rings (SSSR count). The van der Waals surface area contributed by atoms with Gasteiger partial charge in [0.15, 0.2) is 0 Å². The van der Waals surface area contributed by atoms with Gasteiger partial charge in [0.25, 0.3) is 0 Å². The summed E-state index contributed by atoms with van der Waals surface area (Å²) in [5.74, 6) is 1.11. The zero-order chi connectivity index (χ0) is 33.4. The van der Waals surface area contributed by atoms with Gasteiger partial charge < -0.3 is 0 Å². The predicted octanol–water partition coefficient (Wildman–Crippen LogP) is 13.0. The molecule has 0 aliphatic rings. The second-order valence-corrected chi connectivity index (χ2v) is 13.0. The second-order valence-electron chi connectivity index (χ2n) is 13.0. The smallest absolute Gasteiger partial charge is 0.114 e. The first-order valence-corrected chi connectivity index (χ1v) is 17.5. The van der Waals surface area contributed by atoms with E-state index >= 15 is 0 Å². The van der Waals surface area contributed by atoms with Crippen molar-refractivity contribution in [2.24, 2.45) is 0 Å². The zero-order valence-electron chi connectivity index (χ0n) is 28.1. The van der Waals surface area contributed by atoms with Crippen LogP contribution in [-0.4, -0.2) is 9.55 Å². The summed E-state index contributed by atoms with van der Waals surface area (Å²) >= 11 is 0. The SMILES string of the molecule is CCCc1nc2ccccc2n1-c1ccc(-c2c3ccccc3c(-c3ccccc3-c3ccc(-c4ccccc4)cc3)c3ccccc23)cc1. The Bertz CT molecular complexity index is 2570.